The summed E-state index contributed by atoms with van der Waals surface area (Å²) in [4.78, 5) is 0. The molecule has 1 rings (SSSR count). The lowest BCUT2D eigenvalue weighted by Gasteiger charge is -2.10. The number of benzene rings is 1. The number of rotatable bonds is 1. The number of hydrogen-bond acceptors (Lipinski definition) is 2. The first-order chi connectivity index (χ1) is 7.42. The normalized spacial score (nSPS) is 10.5. The zero-order valence-electron chi connectivity index (χ0n) is 7.94. The molecule has 0 unspecified atom stereocenters. The van der Waals surface area contributed by atoms with E-state index in [1.165, 1.54) is 12.1 Å². The molecule has 1 aromatic carbocycles. The minimum Gasteiger partial charge on any atom is -0.404 e. The molecule has 0 saturated heterocycles. The van der Waals surface area contributed by atoms with Crippen LogP contribution in [0, 0.1) is 11.8 Å². The number of anilines is 1. The molecule has 6 heteroatoms. The third kappa shape index (κ3) is 4.03. The standard InChI is InChI=1S/C10H7BrF3NO/c11-5-1-2-7-6-8(15)3-4-9(7)16-10(12,13)14/h3-4,6H,5,15H2. The fourth-order valence-electron chi connectivity index (χ4n) is 0.988. The van der Waals surface area contributed by atoms with Gasteiger partial charge in [-0.15, -0.1) is 13.2 Å². The second-order valence-corrected chi connectivity index (χ2v) is 3.30. The third-order valence-corrected chi connectivity index (χ3v) is 1.80. The molecule has 0 bridgehead atoms. The van der Waals surface area contributed by atoms with E-state index in [1.807, 2.05) is 0 Å². The minimum atomic E-state index is -4.74. The summed E-state index contributed by atoms with van der Waals surface area (Å²) in [7, 11) is 0. The van der Waals surface area contributed by atoms with Crippen molar-refractivity contribution in [3.05, 3.63) is 23.8 Å². The van der Waals surface area contributed by atoms with E-state index in [0.717, 1.165) is 6.07 Å². The first-order valence-corrected chi connectivity index (χ1v) is 5.24. The number of nitrogens with two attached hydrogens (primary N) is 1. The van der Waals surface area contributed by atoms with E-state index < -0.39 is 6.36 Å². The van der Waals surface area contributed by atoms with E-state index in [2.05, 4.69) is 32.5 Å². The Morgan fingerprint density at radius 3 is 2.62 bits per heavy atom. The lowest BCUT2D eigenvalue weighted by molar-refractivity contribution is -0.274. The third-order valence-electron chi connectivity index (χ3n) is 1.52. The number of alkyl halides is 4. The average molecular weight is 294 g/mol. The van der Waals surface area contributed by atoms with Crippen LogP contribution in [0.25, 0.3) is 0 Å². The Kier molecular flexibility index (Phi) is 4.07. The van der Waals surface area contributed by atoms with Crippen LogP contribution in [0.2, 0.25) is 0 Å². The maximum absolute atomic E-state index is 12.0. The minimum absolute atomic E-state index is 0.108. The molecular weight excluding hydrogens is 287 g/mol. The molecule has 2 N–H and O–H groups in total. The molecule has 16 heavy (non-hydrogen) atoms. The van der Waals surface area contributed by atoms with Gasteiger partial charge in [0.25, 0.3) is 0 Å². The maximum Gasteiger partial charge on any atom is 0.573 e. The van der Waals surface area contributed by atoms with Gasteiger partial charge in [-0.3, -0.25) is 0 Å². The van der Waals surface area contributed by atoms with Crippen molar-refractivity contribution in [1.82, 2.24) is 0 Å². The van der Waals surface area contributed by atoms with Crippen LogP contribution in [-0.2, 0) is 0 Å². The van der Waals surface area contributed by atoms with Gasteiger partial charge in [0.15, 0.2) is 0 Å². The first-order valence-electron chi connectivity index (χ1n) is 4.12. The second kappa shape index (κ2) is 5.12. The summed E-state index contributed by atoms with van der Waals surface area (Å²) in [5, 5.41) is 0.354. The van der Waals surface area contributed by atoms with E-state index in [4.69, 9.17) is 5.73 Å². The van der Waals surface area contributed by atoms with Gasteiger partial charge in [0, 0.05) is 5.69 Å². The fourth-order valence-corrected chi connectivity index (χ4v) is 1.13. The fraction of sp³-hybridized carbons (Fsp3) is 0.200. The van der Waals surface area contributed by atoms with Gasteiger partial charge in [0.2, 0.25) is 0 Å². The highest BCUT2D eigenvalue weighted by Gasteiger charge is 2.31. The van der Waals surface area contributed by atoms with Crippen molar-refractivity contribution in [2.75, 3.05) is 11.1 Å². The molecule has 0 saturated carbocycles. The predicted octanol–water partition coefficient (Wildman–Crippen LogP) is 2.91. The van der Waals surface area contributed by atoms with Gasteiger partial charge in [-0.1, -0.05) is 27.8 Å². The summed E-state index contributed by atoms with van der Waals surface area (Å²) >= 11 is 3.04. The van der Waals surface area contributed by atoms with Crippen LogP contribution in [0.4, 0.5) is 18.9 Å². The Morgan fingerprint density at radius 2 is 2.06 bits per heavy atom. The van der Waals surface area contributed by atoms with Crippen LogP contribution in [0.1, 0.15) is 5.56 Å². The number of halogens is 4. The molecule has 0 spiro atoms. The van der Waals surface area contributed by atoms with Crippen molar-refractivity contribution < 1.29 is 17.9 Å². The smallest absolute Gasteiger partial charge is 0.404 e. The van der Waals surface area contributed by atoms with Crippen LogP contribution in [0.15, 0.2) is 18.2 Å². The summed E-state index contributed by atoms with van der Waals surface area (Å²) in [6, 6.07) is 3.79. The monoisotopic (exact) mass is 293 g/mol. The Morgan fingerprint density at radius 1 is 1.38 bits per heavy atom. The number of nitrogen functional groups attached to an aromatic ring is 1. The van der Waals surface area contributed by atoms with Crippen molar-refractivity contribution >= 4 is 21.6 Å². The predicted molar refractivity (Wildman–Crippen MR) is 58.2 cm³/mol. The molecule has 0 aliphatic heterocycles. The van der Waals surface area contributed by atoms with E-state index in [9.17, 15) is 13.2 Å². The van der Waals surface area contributed by atoms with Crippen molar-refractivity contribution in [3.8, 4) is 17.6 Å². The van der Waals surface area contributed by atoms with Gasteiger partial charge in [-0.25, -0.2) is 0 Å². The highest BCUT2D eigenvalue weighted by molar-refractivity contribution is 9.09. The summed E-state index contributed by atoms with van der Waals surface area (Å²) in [5.74, 6) is 4.75. The quantitative estimate of drug-likeness (QED) is 0.491. The van der Waals surface area contributed by atoms with Gasteiger partial charge in [0.05, 0.1) is 10.9 Å². The molecule has 1 aromatic rings. The molecule has 0 radical (unpaired) electrons. The molecule has 2 nitrogen and oxygen atoms in total. The van der Waals surface area contributed by atoms with Crippen molar-refractivity contribution in [2.24, 2.45) is 0 Å². The van der Waals surface area contributed by atoms with Gasteiger partial charge in [0.1, 0.15) is 5.75 Å². The molecule has 0 aliphatic carbocycles. The SMILES string of the molecule is Nc1ccc(OC(F)(F)F)c(C#CCBr)c1. The maximum atomic E-state index is 12.0. The Bertz CT molecular complexity index is 434. The Balaban J connectivity index is 3.08. The Labute approximate surface area is 98.7 Å². The van der Waals surface area contributed by atoms with Gasteiger partial charge >= 0.3 is 6.36 Å². The lowest BCUT2D eigenvalue weighted by atomic mass is 10.2. The molecule has 0 atom stereocenters. The van der Waals surface area contributed by atoms with Crippen molar-refractivity contribution in [3.63, 3.8) is 0 Å². The second-order valence-electron chi connectivity index (χ2n) is 2.74. The number of ether oxygens (including phenoxy) is 1. The summed E-state index contributed by atoms with van der Waals surface area (Å²) in [5.41, 5.74) is 5.88. The first kappa shape index (κ1) is 12.7. The van der Waals surface area contributed by atoms with Crippen LogP contribution in [0.5, 0.6) is 5.75 Å². The van der Waals surface area contributed by atoms with Gasteiger partial charge < -0.3 is 10.5 Å². The Hall–Kier alpha value is -1.35. The largest absolute Gasteiger partial charge is 0.573 e. The average Bonchev–Trinajstić information content (AvgIpc) is 2.16. The molecule has 0 fully saturated rings. The van der Waals surface area contributed by atoms with Crippen LogP contribution in [0.3, 0.4) is 0 Å². The lowest BCUT2D eigenvalue weighted by Crippen LogP contribution is -2.17. The van der Waals surface area contributed by atoms with Crippen LogP contribution >= 0.6 is 15.9 Å². The number of hydrogen-bond donors (Lipinski definition) is 1. The van der Waals surface area contributed by atoms with E-state index in [0.29, 0.717) is 11.0 Å². The summed E-state index contributed by atoms with van der Waals surface area (Å²) in [6.45, 7) is 0. The highest BCUT2D eigenvalue weighted by atomic mass is 79.9. The molecule has 0 heterocycles. The summed E-state index contributed by atoms with van der Waals surface area (Å²) < 4.78 is 39.9. The topological polar surface area (TPSA) is 35.2 Å². The summed E-state index contributed by atoms with van der Waals surface area (Å²) in [6.07, 6.45) is -4.74. The van der Waals surface area contributed by atoms with Crippen molar-refractivity contribution in [2.45, 2.75) is 6.36 Å². The molecule has 0 aromatic heterocycles. The van der Waals surface area contributed by atoms with E-state index in [-0.39, 0.29) is 11.3 Å². The van der Waals surface area contributed by atoms with Gasteiger partial charge in [-0.2, -0.15) is 0 Å². The van der Waals surface area contributed by atoms with Crippen LogP contribution < -0.4 is 10.5 Å². The molecule has 86 valence electrons. The highest BCUT2D eigenvalue weighted by Crippen LogP contribution is 2.27. The molecule has 0 amide bonds. The zero-order chi connectivity index (χ0) is 12.2. The molecular formula is C10H7BrF3NO. The van der Waals surface area contributed by atoms with Gasteiger partial charge in [-0.05, 0) is 18.2 Å². The van der Waals surface area contributed by atoms with Crippen molar-refractivity contribution in [1.29, 1.82) is 0 Å². The zero-order valence-corrected chi connectivity index (χ0v) is 9.52. The van der Waals surface area contributed by atoms with Crippen LogP contribution in [-0.4, -0.2) is 11.7 Å². The molecule has 0 aliphatic rings. The van der Waals surface area contributed by atoms with E-state index >= 15 is 0 Å². The van der Waals surface area contributed by atoms with E-state index in [1.54, 1.807) is 0 Å².